The van der Waals surface area contributed by atoms with E-state index in [-0.39, 0.29) is 0 Å². The lowest BCUT2D eigenvalue weighted by Crippen LogP contribution is -2.46. The largest absolute Gasteiger partial charge is 0.374 e. The van der Waals surface area contributed by atoms with Crippen molar-refractivity contribution in [3.63, 3.8) is 0 Å². The molecule has 0 aromatic rings. The summed E-state index contributed by atoms with van der Waals surface area (Å²) >= 11 is 0. The van der Waals surface area contributed by atoms with Crippen LogP contribution in [0.15, 0.2) is 106 Å². The lowest BCUT2D eigenvalue weighted by atomic mass is 9.80. The van der Waals surface area contributed by atoms with Gasteiger partial charge in [0.15, 0.2) is 0 Å². The van der Waals surface area contributed by atoms with E-state index >= 15 is 0 Å². The maximum absolute atomic E-state index is 4.13. The zero-order chi connectivity index (χ0) is 29.6. The number of hydrogen-bond donors (Lipinski definition) is 3. The third-order valence-corrected chi connectivity index (χ3v) is 11.2. The lowest BCUT2D eigenvalue weighted by Gasteiger charge is -2.37. The zero-order valence-corrected chi connectivity index (χ0v) is 26.8. The molecule has 0 radical (unpaired) electrons. The Bertz CT molecular complexity index is 1320. The molecule has 1 aliphatic heterocycles. The Labute approximate surface area is 266 Å². The molecule has 234 valence electrons. The molecule has 0 spiro atoms. The van der Waals surface area contributed by atoms with Crippen LogP contribution in [-0.4, -0.2) is 36.3 Å². The Morgan fingerprint density at radius 2 is 1.77 bits per heavy atom. The SMILES string of the molecule is C1=CCCC(C2C=CCCC2NC2CC=C(C3CCNN3CNC3=C(C4CC=CCC4)C=C(C4=CCCC=C4)CC3)CC2)=C1. The molecule has 44 heavy (non-hydrogen) atoms. The van der Waals surface area contributed by atoms with Crippen molar-refractivity contribution in [3.05, 3.63) is 106 Å². The number of hydrazine groups is 1. The van der Waals surface area contributed by atoms with Gasteiger partial charge in [0, 0.05) is 36.3 Å². The van der Waals surface area contributed by atoms with Gasteiger partial charge in [0.05, 0.1) is 6.67 Å². The first-order valence-electron chi connectivity index (χ1n) is 18.0. The quantitative estimate of drug-likeness (QED) is 0.236. The Hall–Kier alpha value is -2.66. The van der Waals surface area contributed by atoms with Crippen molar-refractivity contribution >= 4 is 0 Å². The molecular weight excluding hydrogens is 536 g/mol. The summed E-state index contributed by atoms with van der Waals surface area (Å²) in [5, 5.41) is 10.6. The van der Waals surface area contributed by atoms with E-state index in [1.54, 1.807) is 22.3 Å². The fourth-order valence-electron chi connectivity index (χ4n) is 8.72. The van der Waals surface area contributed by atoms with E-state index in [0.29, 0.717) is 30.0 Å². The average molecular weight is 591 g/mol. The normalized spacial score (nSPS) is 32.8. The lowest BCUT2D eigenvalue weighted by molar-refractivity contribution is 0.190. The highest BCUT2D eigenvalue weighted by Gasteiger charge is 2.32. The molecule has 7 aliphatic rings. The predicted molar refractivity (Wildman–Crippen MR) is 184 cm³/mol. The summed E-state index contributed by atoms with van der Waals surface area (Å²) in [6.07, 6.45) is 47.0. The van der Waals surface area contributed by atoms with Crippen molar-refractivity contribution in [1.29, 1.82) is 0 Å². The molecule has 1 fully saturated rings. The molecule has 6 aliphatic carbocycles. The van der Waals surface area contributed by atoms with Gasteiger partial charge in [-0.1, -0.05) is 84.1 Å². The Kier molecular flexibility index (Phi) is 9.98. The number of rotatable bonds is 9. The molecule has 3 N–H and O–H groups in total. The van der Waals surface area contributed by atoms with Gasteiger partial charge in [-0.3, -0.25) is 5.43 Å². The minimum Gasteiger partial charge on any atom is -0.374 e. The van der Waals surface area contributed by atoms with Crippen molar-refractivity contribution in [3.8, 4) is 0 Å². The maximum atomic E-state index is 4.13. The molecule has 0 amide bonds. The summed E-state index contributed by atoms with van der Waals surface area (Å²) in [7, 11) is 0. The first-order chi connectivity index (χ1) is 21.8. The number of nitrogens with one attached hydrogen (secondary N) is 3. The van der Waals surface area contributed by atoms with E-state index in [1.807, 2.05) is 0 Å². The van der Waals surface area contributed by atoms with Crippen LogP contribution in [0.3, 0.4) is 0 Å². The predicted octanol–water partition coefficient (Wildman–Crippen LogP) is 8.40. The molecule has 5 unspecified atom stereocenters. The van der Waals surface area contributed by atoms with Gasteiger partial charge in [0.25, 0.3) is 0 Å². The van der Waals surface area contributed by atoms with E-state index in [0.717, 1.165) is 26.1 Å². The maximum Gasteiger partial charge on any atom is 0.0816 e. The minimum atomic E-state index is 0.516. The van der Waals surface area contributed by atoms with Crippen LogP contribution in [0.4, 0.5) is 0 Å². The van der Waals surface area contributed by atoms with Crippen molar-refractivity contribution in [2.45, 2.75) is 114 Å². The van der Waals surface area contributed by atoms with Gasteiger partial charge >= 0.3 is 0 Å². The molecule has 1 saturated heterocycles. The number of nitrogens with zero attached hydrogens (tertiary/aromatic N) is 1. The van der Waals surface area contributed by atoms with Crippen molar-refractivity contribution in [2.24, 2.45) is 11.8 Å². The monoisotopic (exact) mass is 590 g/mol. The Balaban J connectivity index is 0.984. The van der Waals surface area contributed by atoms with Gasteiger partial charge in [-0.2, -0.15) is 0 Å². The van der Waals surface area contributed by atoms with Crippen LogP contribution in [0.2, 0.25) is 0 Å². The molecule has 0 aromatic carbocycles. The van der Waals surface area contributed by atoms with Crippen LogP contribution in [0, 0.1) is 11.8 Å². The van der Waals surface area contributed by atoms with E-state index in [1.165, 1.54) is 94.7 Å². The van der Waals surface area contributed by atoms with E-state index < -0.39 is 0 Å². The molecule has 1 heterocycles. The van der Waals surface area contributed by atoms with Crippen LogP contribution >= 0.6 is 0 Å². The van der Waals surface area contributed by atoms with Crippen molar-refractivity contribution in [1.82, 2.24) is 21.1 Å². The molecule has 4 heteroatoms. The topological polar surface area (TPSA) is 39.3 Å². The van der Waals surface area contributed by atoms with Gasteiger partial charge in [-0.15, -0.1) is 0 Å². The van der Waals surface area contributed by atoms with Gasteiger partial charge in [0.1, 0.15) is 0 Å². The van der Waals surface area contributed by atoms with Gasteiger partial charge < -0.3 is 10.6 Å². The first kappa shape index (κ1) is 30.0. The Morgan fingerprint density at radius 3 is 2.59 bits per heavy atom. The summed E-state index contributed by atoms with van der Waals surface area (Å²) in [6.45, 7) is 1.96. The molecule has 4 nitrogen and oxygen atoms in total. The second-order valence-electron chi connectivity index (χ2n) is 14.0. The summed E-state index contributed by atoms with van der Waals surface area (Å²) in [4.78, 5) is 0. The van der Waals surface area contributed by atoms with E-state index in [2.05, 4.69) is 94.0 Å². The summed E-state index contributed by atoms with van der Waals surface area (Å²) in [6, 6.07) is 1.71. The first-order valence-corrected chi connectivity index (χ1v) is 18.0. The highest BCUT2D eigenvalue weighted by Crippen LogP contribution is 2.37. The zero-order valence-electron chi connectivity index (χ0n) is 26.8. The van der Waals surface area contributed by atoms with Crippen LogP contribution in [-0.2, 0) is 0 Å². The highest BCUT2D eigenvalue weighted by atomic mass is 15.6. The van der Waals surface area contributed by atoms with Gasteiger partial charge in [-0.25, -0.2) is 5.01 Å². The van der Waals surface area contributed by atoms with E-state index in [4.69, 9.17) is 0 Å². The fraction of sp³-hybridized carbons (Fsp3) is 0.550. The van der Waals surface area contributed by atoms with Crippen LogP contribution in [0.25, 0.3) is 0 Å². The van der Waals surface area contributed by atoms with Crippen LogP contribution in [0.5, 0.6) is 0 Å². The third kappa shape index (κ3) is 7.09. The standard InChI is InChI=1S/C40H54N4/c1-4-12-30(13-5-1)34-22-25-38(37(28-34)32-16-8-3-9-17-32)41-29-44-40(26-27-42-44)33-20-23-35(24-21-33)43-39-19-11-10-18-36(39)31-14-6-2-7-15-31/h2-4,6,8,10,12-14,18,20,28,32,35-36,39-43H,1,5,7,9,11,15-17,19,21-27,29H2. The minimum absolute atomic E-state index is 0.516. The molecule has 7 rings (SSSR count). The molecule has 0 saturated carbocycles. The van der Waals surface area contributed by atoms with Gasteiger partial charge in [-0.05, 0) is 119 Å². The van der Waals surface area contributed by atoms with E-state index in [9.17, 15) is 0 Å². The van der Waals surface area contributed by atoms with Crippen molar-refractivity contribution < 1.29 is 0 Å². The summed E-state index contributed by atoms with van der Waals surface area (Å²) < 4.78 is 0. The number of hydrogen-bond acceptors (Lipinski definition) is 4. The molecular formula is C40H54N4. The smallest absolute Gasteiger partial charge is 0.0816 e. The van der Waals surface area contributed by atoms with Crippen LogP contribution in [0.1, 0.15) is 96.3 Å². The summed E-state index contributed by atoms with van der Waals surface area (Å²) in [5.41, 5.74) is 13.1. The molecule has 0 bridgehead atoms. The van der Waals surface area contributed by atoms with Crippen LogP contribution < -0.4 is 16.1 Å². The molecule has 5 atom stereocenters. The number of allylic oxidation sites excluding steroid dienone is 14. The fourth-order valence-corrected chi connectivity index (χ4v) is 8.72. The molecule has 0 aromatic heterocycles. The third-order valence-electron chi connectivity index (χ3n) is 11.2. The second kappa shape index (κ2) is 14.6. The second-order valence-corrected chi connectivity index (χ2v) is 14.0. The highest BCUT2D eigenvalue weighted by molar-refractivity contribution is 5.49. The Morgan fingerprint density at radius 1 is 0.795 bits per heavy atom. The summed E-state index contributed by atoms with van der Waals surface area (Å²) in [5.74, 6) is 1.22. The van der Waals surface area contributed by atoms with Crippen molar-refractivity contribution in [2.75, 3.05) is 13.2 Å². The van der Waals surface area contributed by atoms with Gasteiger partial charge in [0.2, 0.25) is 0 Å². The average Bonchev–Trinajstić information content (AvgIpc) is 3.58.